The van der Waals surface area contributed by atoms with Gasteiger partial charge in [-0.2, -0.15) is 9.58 Å². The smallest absolute Gasteiger partial charge is 0.379 e. The van der Waals surface area contributed by atoms with E-state index in [1.54, 1.807) is 0 Å². The van der Waals surface area contributed by atoms with E-state index in [4.69, 9.17) is 19.7 Å². The van der Waals surface area contributed by atoms with Gasteiger partial charge in [-0.1, -0.05) is 91.0 Å². The van der Waals surface area contributed by atoms with Gasteiger partial charge in [-0.15, -0.1) is 0 Å². The van der Waals surface area contributed by atoms with Gasteiger partial charge < -0.3 is 25.3 Å². The third-order valence-electron chi connectivity index (χ3n) is 9.59. The zero-order valence-corrected chi connectivity index (χ0v) is 31.8. The predicted molar refractivity (Wildman–Crippen MR) is 220 cm³/mol. The van der Waals surface area contributed by atoms with E-state index in [0.717, 1.165) is 56.5 Å². The van der Waals surface area contributed by atoms with Crippen molar-refractivity contribution in [2.45, 2.75) is 38.6 Å². The third kappa shape index (κ3) is 11.7. The van der Waals surface area contributed by atoms with Crippen molar-refractivity contribution in [2.75, 3.05) is 19.8 Å². The lowest BCUT2D eigenvalue weighted by Crippen LogP contribution is -2.19. The normalized spacial score (nSPS) is 11.2. The summed E-state index contributed by atoms with van der Waals surface area (Å²) < 4.78 is 18.6. The number of hydrogen-bond acceptors (Lipinski definition) is 4. The van der Waals surface area contributed by atoms with Crippen molar-refractivity contribution in [3.63, 3.8) is 0 Å². The SMILES string of the molecule is [N-]=[N+]=C(c1ccccc1)c1ccc(CCOCCC(CCOCc2ccc(C(=[N+]=[N-])c3ccccc3)cc2)OCc2ccc(C(=[N+]=N)c3ccccc3)cc2)cc1. The Labute approximate surface area is 333 Å². The first-order valence-corrected chi connectivity index (χ1v) is 19.0. The average molecular weight is 754 g/mol. The van der Waals surface area contributed by atoms with Gasteiger partial charge in [-0.05, 0) is 109 Å². The Kier molecular flexibility index (Phi) is 15.0. The molecule has 0 aliphatic rings. The van der Waals surface area contributed by atoms with Gasteiger partial charge in [0.1, 0.15) is 0 Å². The van der Waals surface area contributed by atoms with E-state index in [-0.39, 0.29) is 6.10 Å². The van der Waals surface area contributed by atoms with Crippen LogP contribution in [0.1, 0.15) is 62.9 Å². The molecule has 0 amide bonds. The zero-order valence-electron chi connectivity index (χ0n) is 31.8. The summed E-state index contributed by atoms with van der Waals surface area (Å²) in [6.45, 7) is 2.48. The minimum atomic E-state index is -0.0932. The van der Waals surface area contributed by atoms with Crippen LogP contribution >= 0.6 is 0 Å². The number of rotatable bonds is 20. The Bertz CT molecular complexity index is 2310. The Morgan fingerprint density at radius 3 is 1.28 bits per heavy atom. The molecule has 0 aliphatic heterocycles. The average Bonchev–Trinajstić information content (AvgIpc) is 3.27. The predicted octanol–water partition coefficient (Wildman–Crippen LogP) is 9.04. The van der Waals surface area contributed by atoms with Crippen molar-refractivity contribution in [1.82, 2.24) is 0 Å². The third-order valence-corrected chi connectivity index (χ3v) is 9.59. The molecular formula is C48H45N6O3+. The second kappa shape index (κ2) is 21.4. The van der Waals surface area contributed by atoms with Crippen LogP contribution in [0.4, 0.5) is 0 Å². The Balaban J connectivity index is 1.01. The number of nitrogens with zero attached hydrogens (tertiary/aromatic N) is 5. The molecule has 1 unspecified atom stereocenters. The maximum atomic E-state index is 9.66. The molecule has 0 radical (unpaired) electrons. The van der Waals surface area contributed by atoms with E-state index in [9.17, 15) is 11.1 Å². The number of ether oxygens (including phenoxy) is 3. The quantitative estimate of drug-likeness (QED) is 0.0360. The highest BCUT2D eigenvalue weighted by atomic mass is 16.5. The minimum absolute atomic E-state index is 0.0932. The van der Waals surface area contributed by atoms with Gasteiger partial charge in [0.2, 0.25) is 0 Å². The molecule has 284 valence electrons. The Morgan fingerprint density at radius 1 is 0.439 bits per heavy atom. The molecule has 0 aliphatic carbocycles. The maximum Gasteiger partial charge on any atom is 0.379 e. The Hall–Kier alpha value is -6.66. The van der Waals surface area contributed by atoms with Gasteiger partial charge in [0, 0.05) is 13.2 Å². The van der Waals surface area contributed by atoms with Crippen LogP contribution in [-0.2, 0) is 33.8 Å². The van der Waals surface area contributed by atoms with Crippen molar-refractivity contribution >= 4 is 17.1 Å². The fraction of sp³-hybridized carbons (Fsp3) is 0.188. The zero-order chi connectivity index (χ0) is 39.5. The topological polar surface area (TPSA) is 138 Å². The molecule has 6 aromatic carbocycles. The number of hydrogen-bond donors (Lipinski definition) is 1. The summed E-state index contributed by atoms with van der Waals surface area (Å²) in [6, 6.07) is 52.8. The van der Waals surface area contributed by atoms with Gasteiger partial charge >= 0.3 is 17.1 Å². The molecule has 0 aromatic heterocycles. The van der Waals surface area contributed by atoms with Crippen LogP contribution in [0, 0.1) is 5.53 Å². The lowest BCUT2D eigenvalue weighted by molar-refractivity contribution is -0.117. The lowest BCUT2D eigenvalue weighted by Gasteiger charge is -2.18. The molecule has 9 nitrogen and oxygen atoms in total. The molecule has 0 saturated carbocycles. The fourth-order valence-corrected chi connectivity index (χ4v) is 6.43. The molecule has 0 bridgehead atoms. The van der Waals surface area contributed by atoms with E-state index in [1.165, 1.54) is 0 Å². The van der Waals surface area contributed by atoms with Crippen LogP contribution in [0.15, 0.2) is 164 Å². The summed E-state index contributed by atoms with van der Waals surface area (Å²) in [5.41, 5.74) is 37.0. The molecule has 57 heavy (non-hydrogen) atoms. The number of benzene rings is 6. The molecule has 9 heteroatoms. The first-order chi connectivity index (χ1) is 28.1. The first-order valence-electron chi connectivity index (χ1n) is 19.0. The van der Waals surface area contributed by atoms with Crippen LogP contribution in [0.2, 0.25) is 0 Å². The van der Waals surface area contributed by atoms with Gasteiger partial charge in [0.25, 0.3) is 0 Å². The van der Waals surface area contributed by atoms with Crippen LogP contribution in [-0.4, -0.2) is 57.4 Å². The Morgan fingerprint density at radius 2 is 0.825 bits per heavy atom. The van der Waals surface area contributed by atoms with Crippen molar-refractivity contribution in [2.24, 2.45) is 0 Å². The lowest BCUT2D eigenvalue weighted by atomic mass is 10.0. The minimum Gasteiger partial charge on any atom is -0.381 e. The highest BCUT2D eigenvalue weighted by Crippen LogP contribution is 2.17. The van der Waals surface area contributed by atoms with E-state index in [0.29, 0.717) is 63.0 Å². The molecule has 0 saturated heterocycles. The monoisotopic (exact) mass is 753 g/mol. The van der Waals surface area contributed by atoms with Crippen LogP contribution < -0.4 is 0 Å². The van der Waals surface area contributed by atoms with Crippen molar-refractivity contribution < 1.29 is 28.6 Å². The molecule has 0 fully saturated rings. The largest absolute Gasteiger partial charge is 0.381 e. The van der Waals surface area contributed by atoms with E-state index in [2.05, 4.69) is 14.4 Å². The van der Waals surface area contributed by atoms with Crippen molar-refractivity contribution in [1.29, 1.82) is 5.53 Å². The highest BCUT2D eigenvalue weighted by Gasteiger charge is 2.19. The molecule has 0 heterocycles. The summed E-state index contributed by atoms with van der Waals surface area (Å²) in [4.78, 5) is 10.9. The fourth-order valence-electron chi connectivity index (χ4n) is 6.43. The number of nitrogens with one attached hydrogen (secondary N) is 1. The summed E-state index contributed by atoms with van der Waals surface area (Å²) in [5, 5.41) is 0. The van der Waals surface area contributed by atoms with E-state index < -0.39 is 0 Å². The van der Waals surface area contributed by atoms with E-state index in [1.807, 2.05) is 164 Å². The van der Waals surface area contributed by atoms with E-state index >= 15 is 0 Å². The van der Waals surface area contributed by atoms with Crippen LogP contribution in [0.3, 0.4) is 0 Å². The van der Waals surface area contributed by atoms with Crippen LogP contribution in [0.5, 0.6) is 0 Å². The van der Waals surface area contributed by atoms with Crippen LogP contribution in [0.25, 0.3) is 11.1 Å². The van der Waals surface area contributed by atoms with Crippen molar-refractivity contribution in [3.05, 3.63) is 225 Å². The second-order valence-electron chi connectivity index (χ2n) is 13.5. The molecule has 1 atom stereocenters. The molecule has 6 aromatic rings. The van der Waals surface area contributed by atoms with Gasteiger partial charge in [0.15, 0.2) is 0 Å². The standard InChI is InChI=1S/C48H45N6O3/c49-52-46(39-10-4-1-5-11-39)42-22-16-36(17-23-42)28-31-55-32-29-45(57-35-38-20-26-44(27-21-38)48(54-51)41-14-8-3-9-15-41)30-33-56-34-37-18-24-43(25-19-37)47(53-50)40-12-6-2-7-13-40/h1-27,45,51H,28-35H2/q+1. The summed E-state index contributed by atoms with van der Waals surface area (Å²) in [5.74, 6) is 0. The summed E-state index contributed by atoms with van der Waals surface area (Å²) in [7, 11) is 0. The van der Waals surface area contributed by atoms with Gasteiger partial charge in [0.05, 0.1) is 69.6 Å². The van der Waals surface area contributed by atoms with Crippen molar-refractivity contribution in [3.8, 4) is 0 Å². The molecule has 1 N–H and O–H groups in total. The molecular weight excluding hydrogens is 709 g/mol. The summed E-state index contributed by atoms with van der Waals surface area (Å²) in [6.07, 6.45) is 2.05. The van der Waals surface area contributed by atoms with Gasteiger partial charge in [-0.25, -0.2) is 0 Å². The summed E-state index contributed by atoms with van der Waals surface area (Å²) >= 11 is 0. The van der Waals surface area contributed by atoms with Gasteiger partial charge in [-0.3, -0.25) is 0 Å². The first kappa shape index (κ1) is 40.0. The maximum absolute atomic E-state index is 9.66. The molecule has 0 spiro atoms. The highest BCUT2D eigenvalue weighted by molar-refractivity contribution is 6.10. The second-order valence-corrected chi connectivity index (χ2v) is 13.5. The molecule has 6 rings (SSSR count).